The van der Waals surface area contributed by atoms with Gasteiger partial charge in [-0.3, -0.25) is 0 Å². The Morgan fingerprint density at radius 3 is 2.35 bits per heavy atom. The molecule has 0 unspecified atom stereocenters. The van der Waals surface area contributed by atoms with E-state index in [9.17, 15) is 13.2 Å². The first-order valence-electron chi connectivity index (χ1n) is 10.3. The minimum absolute atomic E-state index is 0.00950. The van der Waals surface area contributed by atoms with Crippen LogP contribution in [0.15, 0.2) is 78.2 Å². The van der Waals surface area contributed by atoms with Gasteiger partial charge in [-0.1, -0.05) is 48.7 Å². The predicted octanol–water partition coefficient (Wildman–Crippen LogP) is 6.43. The summed E-state index contributed by atoms with van der Waals surface area (Å²) in [6.07, 6.45) is -2.49. The molecule has 3 N–H and O–H groups in total. The number of fused-ring (bicyclic) bond motifs is 1. The second-order valence-corrected chi connectivity index (χ2v) is 11.3. The van der Waals surface area contributed by atoms with E-state index < -0.39 is 20.9 Å². The van der Waals surface area contributed by atoms with Gasteiger partial charge < -0.3 is 15.6 Å². The molecule has 0 aliphatic heterocycles. The minimum Gasteiger partial charge on any atom is -0.399 e. The number of halogens is 3. The molecule has 0 atom stereocenters. The van der Waals surface area contributed by atoms with Crippen molar-refractivity contribution in [3.05, 3.63) is 90.0 Å². The number of hydrogen-bond acceptors (Lipinski definition) is 3. The van der Waals surface area contributed by atoms with E-state index in [1.807, 2.05) is 48.7 Å². The van der Waals surface area contributed by atoms with Crippen LogP contribution in [-0.4, -0.2) is 27.5 Å². The van der Waals surface area contributed by atoms with Crippen LogP contribution in [0.1, 0.15) is 16.7 Å². The SMILES string of the molecule is C=C(N)c1ccc(Nc2nc3cc(S(=C)(=C)C)ccc3n2Cc2ccccc2C(F)(F)F)cc1. The van der Waals surface area contributed by atoms with E-state index in [0.29, 0.717) is 22.7 Å². The molecule has 0 aliphatic carbocycles. The Labute approximate surface area is 197 Å². The van der Waals surface area contributed by atoms with Crippen LogP contribution in [0.25, 0.3) is 16.7 Å². The molecule has 176 valence electrons. The van der Waals surface area contributed by atoms with Crippen LogP contribution in [0, 0.1) is 0 Å². The summed E-state index contributed by atoms with van der Waals surface area (Å²) in [5.41, 5.74) is 8.54. The Morgan fingerprint density at radius 2 is 1.74 bits per heavy atom. The number of anilines is 2. The van der Waals surface area contributed by atoms with Gasteiger partial charge in [-0.2, -0.15) is 22.4 Å². The lowest BCUT2D eigenvalue weighted by Crippen LogP contribution is -2.12. The molecule has 0 saturated carbocycles. The van der Waals surface area contributed by atoms with Crippen molar-refractivity contribution in [2.75, 3.05) is 11.6 Å². The number of nitrogens with two attached hydrogens (primary N) is 1. The maximum Gasteiger partial charge on any atom is 0.416 e. The van der Waals surface area contributed by atoms with E-state index in [-0.39, 0.29) is 12.1 Å². The number of nitrogens with one attached hydrogen (secondary N) is 1. The molecule has 1 heterocycles. The summed E-state index contributed by atoms with van der Waals surface area (Å²) in [5.74, 6) is 8.73. The van der Waals surface area contributed by atoms with E-state index in [0.717, 1.165) is 22.2 Å². The summed E-state index contributed by atoms with van der Waals surface area (Å²) in [7, 11) is -1.49. The molecule has 0 bridgehead atoms. The van der Waals surface area contributed by atoms with Gasteiger partial charge >= 0.3 is 6.18 Å². The van der Waals surface area contributed by atoms with Crippen molar-refractivity contribution in [2.24, 2.45) is 5.73 Å². The van der Waals surface area contributed by atoms with Crippen LogP contribution in [0.3, 0.4) is 0 Å². The van der Waals surface area contributed by atoms with Crippen molar-refractivity contribution in [3.63, 3.8) is 0 Å². The van der Waals surface area contributed by atoms with E-state index in [1.54, 1.807) is 10.6 Å². The third kappa shape index (κ3) is 4.82. The van der Waals surface area contributed by atoms with Gasteiger partial charge in [0, 0.05) is 11.4 Å². The lowest BCUT2D eigenvalue weighted by molar-refractivity contribution is -0.138. The lowest BCUT2D eigenvalue weighted by Gasteiger charge is -2.16. The van der Waals surface area contributed by atoms with Gasteiger partial charge in [0.15, 0.2) is 0 Å². The van der Waals surface area contributed by atoms with Gasteiger partial charge in [0.2, 0.25) is 5.95 Å². The molecule has 4 aromatic rings. The van der Waals surface area contributed by atoms with Crippen molar-refractivity contribution in [3.8, 4) is 0 Å². The van der Waals surface area contributed by atoms with E-state index in [1.165, 1.54) is 12.1 Å². The Morgan fingerprint density at radius 1 is 1.06 bits per heavy atom. The normalized spacial score (nSPS) is 12.1. The first-order valence-corrected chi connectivity index (χ1v) is 12.7. The number of nitrogens with zero attached hydrogens (tertiary/aromatic N) is 2. The van der Waals surface area contributed by atoms with Gasteiger partial charge in [0.1, 0.15) is 0 Å². The summed E-state index contributed by atoms with van der Waals surface area (Å²) in [5, 5.41) is 3.24. The Hall–Kier alpha value is -3.65. The zero-order valence-corrected chi connectivity index (χ0v) is 19.5. The van der Waals surface area contributed by atoms with Crippen LogP contribution in [0.5, 0.6) is 0 Å². The van der Waals surface area contributed by atoms with Gasteiger partial charge in [-0.25, -0.2) is 4.98 Å². The quantitative estimate of drug-likeness (QED) is 0.311. The zero-order chi connectivity index (χ0) is 24.7. The van der Waals surface area contributed by atoms with Gasteiger partial charge in [-0.15, -0.1) is 0 Å². The van der Waals surface area contributed by atoms with E-state index >= 15 is 0 Å². The fraction of sp³-hybridized carbons (Fsp3) is 0.115. The number of aromatic nitrogens is 2. The van der Waals surface area contributed by atoms with Crippen molar-refractivity contribution in [2.45, 2.75) is 17.6 Å². The second kappa shape index (κ2) is 8.61. The highest BCUT2D eigenvalue weighted by atomic mass is 32.2. The molecule has 4 rings (SSSR count). The Balaban J connectivity index is 1.84. The van der Waals surface area contributed by atoms with Crippen molar-refractivity contribution >= 4 is 49.3 Å². The molecule has 3 aromatic carbocycles. The molecule has 0 amide bonds. The topological polar surface area (TPSA) is 55.9 Å². The predicted molar refractivity (Wildman–Crippen MR) is 139 cm³/mol. The Bertz CT molecular complexity index is 1480. The van der Waals surface area contributed by atoms with E-state index in [2.05, 4.69) is 23.6 Å². The number of benzene rings is 3. The molecule has 0 aliphatic rings. The van der Waals surface area contributed by atoms with E-state index in [4.69, 9.17) is 10.7 Å². The van der Waals surface area contributed by atoms with Gasteiger partial charge in [0.25, 0.3) is 0 Å². The summed E-state index contributed by atoms with van der Waals surface area (Å²) >= 11 is 0. The maximum atomic E-state index is 13.7. The summed E-state index contributed by atoms with van der Waals surface area (Å²) in [6.45, 7) is 3.72. The third-order valence-corrected chi connectivity index (χ3v) is 6.84. The fourth-order valence-corrected chi connectivity index (χ4v) is 4.47. The summed E-state index contributed by atoms with van der Waals surface area (Å²) < 4.78 is 42.7. The average molecular weight is 483 g/mol. The fourth-order valence-electron chi connectivity index (χ4n) is 3.67. The average Bonchev–Trinajstić information content (AvgIpc) is 3.09. The first-order chi connectivity index (χ1) is 15.9. The Kier molecular flexibility index (Phi) is 5.95. The molecule has 1 aromatic heterocycles. The molecule has 0 saturated heterocycles. The molecule has 0 fully saturated rings. The lowest BCUT2D eigenvalue weighted by atomic mass is 10.1. The van der Waals surface area contributed by atoms with Crippen LogP contribution >= 0.6 is 9.21 Å². The summed E-state index contributed by atoms with van der Waals surface area (Å²) in [6, 6.07) is 18.5. The highest BCUT2D eigenvalue weighted by Gasteiger charge is 2.33. The zero-order valence-electron chi connectivity index (χ0n) is 18.7. The minimum atomic E-state index is -4.46. The number of alkyl halides is 3. The monoisotopic (exact) mass is 482 g/mol. The second-order valence-electron chi connectivity index (χ2n) is 8.33. The van der Waals surface area contributed by atoms with Crippen LogP contribution in [0.4, 0.5) is 24.8 Å². The van der Waals surface area contributed by atoms with Crippen molar-refractivity contribution < 1.29 is 13.2 Å². The molecule has 0 spiro atoms. The smallest absolute Gasteiger partial charge is 0.399 e. The molecule has 0 radical (unpaired) electrons. The van der Waals surface area contributed by atoms with Crippen LogP contribution < -0.4 is 11.1 Å². The van der Waals surface area contributed by atoms with Crippen molar-refractivity contribution in [1.29, 1.82) is 0 Å². The standard InChI is InChI=1S/C26H25F3N4S/c1-17(30)18-9-11-20(12-10-18)31-25-32-23-15-21(34(2,3)4)13-14-24(23)33(25)16-19-7-5-6-8-22(19)26(27,28)29/h5-15H,1-3,16,30H2,4H3,(H,31,32). The molecule has 4 nitrogen and oxygen atoms in total. The highest BCUT2D eigenvalue weighted by molar-refractivity contribution is 8.27. The van der Waals surface area contributed by atoms with Crippen LogP contribution in [0.2, 0.25) is 0 Å². The number of imidazole rings is 1. The third-order valence-electron chi connectivity index (χ3n) is 5.45. The number of rotatable bonds is 6. The largest absolute Gasteiger partial charge is 0.416 e. The van der Waals surface area contributed by atoms with Gasteiger partial charge in [0.05, 0.1) is 23.1 Å². The maximum absolute atomic E-state index is 13.7. The molecule has 34 heavy (non-hydrogen) atoms. The number of hydrogen-bond donors (Lipinski definition) is 2. The van der Waals surface area contributed by atoms with Crippen LogP contribution in [-0.2, 0) is 12.7 Å². The first kappa shape index (κ1) is 23.5. The summed E-state index contributed by atoms with van der Waals surface area (Å²) in [4.78, 5) is 5.67. The molecular weight excluding hydrogens is 457 g/mol. The highest BCUT2D eigenvalue weighted by Crippen LogP contribution is 2.35. The molecular formula is C26H25F3N4S. The van der Waals surface area contributed by atoms with Gasteiger partial charge in [-0.05, 0) is 58.7 Å². The molecule has 8 heteroatoms. The van der Waals surface area contributed by atoms with Crippen molar-refractivity contribution in [1.82, 2.24) is 9.55 Å².